The zero-order valence-electron chi connectivity index (χ0n) is 14.3. The van der Waals surface area contributed by atoms with E-state index in [-0.39, 0.29) is 5.78 Å². The predicted molar refractivity (Wildman–Crippen MR) is 101 cm³/mol. The van der Waals surface area contributed by atoms with Crippen molar-refractivity contribution >= 4 is 5.78 Å². The molecule has 0 heterocycles. The Morgan fingerprint density at radius 3 is 2.17 bits per heavy atom. The number of rotatable bonds is 5. The molecule has 0 fully saturated rings. The van der Waals surface area contributed by atoms with E-state index in [1.165, 1.54) is 11.1 Å². The average molecular weight is 314 g/mol. The quantitative estimate of drug-likeness (QED) is 0.551. The first-order valence-corrected chi connectivity index (χ1v) is 8.55. The van der Waals surface area contributed by atoms with Crippen LogP contribution in [-0.2, 0) is 12.8 Å². The Labute approximate surface area is 144 Å². The Kier molecular flexibility index (Phi) is 4.90. The molecule has 0 radical (unpaired) electrons. The van der Waals surface area contributed by atoms with Gasteiger partial charge in [-0.05, 0) is 41.2 Å². The second kappa shape index (κ2) is 7.27. The van der Waals surface area contributed by atoms with Gasteiger partial charge in [-0.3, -0.25) is 4.79 Å². The van der Waals surface area contributed by atoms with Gasteiger partial charge in [-0.1, -0.05) is 80.6 Å². The van der Waals surface area contributed by atoms with E-state index in [0.29, 0.717) is 0 Å². The maximum atomic E-state index is 13.1. The van der Waals surface area contributed by atoms with Gasteiger partial charge in [0, 0.05) is 11.1 Å². The van der Waals surface area contributed by atoms with E-state index in [4.69, 9.17) is 0 Å². The fourth-order valence-electron chi connectivity index (χ4n) is 3.22. The van der Waals surface area contributed by atoms with Gasteiger partial charge in [0.25, 0.3) is 0 Å². The summed E-state index contributed by atoms with van der Waals surface area (Å²) in [7, 11) is 0. The minimum Gasteiger partial charge on any atom is -0.289 e. The molecule has 0 saturated carbocycles. The molecule has 120 valence electrons. The van der Waals surface area contributed by atoms with Crippen LogP contribution in [0, 0.1) is 0 Å². The van der Waals surface area contributed by atoms with Crippen molar-refractivity contribution in [1.82, 2.24) is 0 Å². The summed E-state index contributed by atoms with van der Waals surface area (Å²) in [5.41, 5.74) is 6.23. The van der Waals surface area contributed by atoms with Gasteiger partial charge in [0.05, 0.1) is 0 Å². The lowest BCUT2D eigenvalue weighted by Crippen LogP contribution is -2.07. The molecule has 0 aliphatic heterocycles. The van der Waals surface area contributed by atoms with Gasteiger partial charge in [0.15, 0.2) is 5.78 Å². The summed E-state index contributed by atoms with van der Waals surface area (Å²) in [5, 5.41) is 0. The summed E-state index contributed by atoms with van der Waals surface area (Å²) in [6.07, 6.45) is 1.83. The molecule has 0 amide bonds. The van der Waals surface area contributed by atoms with Crippen LogP contribution in [0.2, 0.25) is 0 Å². The van der Waals surface area contributed by atoms with Crippen LogP contribution in [0.3, 0.4) is 0 Å². The topological polar surface area (TPSA) is 17.1 Å². The van der Waals surface area contributed by atoms with Crippen molar-refractivity contribution in [3.63, 3.8) is 0 Å². The lowest BCUT2D eigenvalue weighted by molar-refractivity contribution is 0.103. The maximum absolute atomic E-state index is 13.1. The molecule has 24 heavy (non-hydrogen) atoms. The van der Waals surface area contributed by atoms with Gasteiger partial charge in [-0.15, -0.1) is 0 Å². The van der Waals surface area contributed by atoms with Gasteiger partial charge < -0.3 is 0 Å². The van der Waals surface area contributed by atoms with Crippen molar-refractivity contribution in [2.75, 3.05) is 0 Å². The molecule has 0 N–H and O–H groups in total. The van der Waals surface area contributed by atoms with Crippen molar-refractivity contribution in [3.05, 3.63) is 95.1 Å². The van der Waals surface area contributed by atoms with E-state index in [2.05, 4.69) is 38.1 Å². The lowest BCUT2D eigenvalue weighted by Gasteiger charge is -2.12. The molecule has 0 aromatic heterocycles. The second-order valence-corrected chi connectivity index (χ2v) is 5.93. The van der Waals surface area contributed by atoms with Crippen LogP contribution in [0.5, 0.6) is 0 Å². The monoisotopic (exact) mass is 314 g/mol. The number of benzene rings is 3. The molecule has 0 saturated heterocycles. The van der Waals surface area contributed by atoms with Crippen LogP contribution in [0.4, 0.5) is 0 Å². The zero-order chi connectivity index (χ0) is 16.9. The summed E-state index contributed by atoms with van der Waals surface area (Å²) in [5.74, 6) is 0.111. The maximum Gasteiger partial charge on any atom is 0.193 e. The van der Waals surface area contributed by atoms with Crippen LogP contribution >= 0.6 is 0 Å². The number of carbonyl (C=O) groups excluding carboxylic acids is 1. The van der Waals surface area contributed by atoms with Crippen molar-refractivity contribution in [1.29, 1.82) is 0 Å². The van der Waals surface area contributed by atoms with Crippen LogP contribution in [0.25, 0.3) is 11.1 Å². The molecule has 3 rings (SSSR count). The Morgan fingerprint density at radius 2 is 1.46 bits per heavy atom. The summed E-state index contributed by atoms with van der Waals surface area (Å²) < 4.78 is 0. The third-order valence-corrected chi connectivity index (χ3v) is 4.48. The van der Waals surface area contributed by atoms with Crippen molar-refractivity contribution in [3.8, 4) is 11.1 Å². The highest BCUT2D eigenvalue weighted by atomic mass is 16.1. The SMILES string of the molecule is CCc1cccc(C(=O)c2cccc(-c3ccccc3)c2)c1CC. The van der Waals surface area contributed by atoms with Crippen LogP contribution in [0.15, 0.2) is 72.8 Å². The third-order valence-electron chi connectivity index (χ3n) is 4.48. The van der Waals surface area contributed by atoms with Gasteiger partial charge in [-0.25, -0.2) is 0 Å². The molecular formula is C23H22O. The molecule has 0 unspecified atom stereocenters. The lowest BCUT2D eigenvalue weighted by atomic mass is 9.91. The fraction of sp³-hybridized carbons (Fsp3) is 0.174. The van der Waals surface area contributed by atoms with E-state index in [1.54, 1.807) is 0 Å². The summed E-state index contributed by atoms with van der Waals surface area (Å²) in [4.78, 5) is 13.1. The molecule has 0 aliphatic carbocycles. The molecule has 0 aliphatic rings. The van der Waals surface area contributed by atoms with Crippen molar-refractivity contribution in [2.45, 2.75) is 26.7 Å². The Morgan fingerprint density at radius 1 is 0.750 bits per heavy atom. The second-order valence-electron chi connectivity index (χ2n) is 5.93. The molecule has 3 aromatic rings. The van der Waals surface area contributed by atoms with Gasteiger partial charge >= 0.3 is 0 Å². The Balaban J connectivity index is 2.03. The zero-order valence-corrected chi connectivity index (χ0v) is 14.3. The van der Waals surface area contributed by atoms with Crippen LogP contribution < -0.4 is 0 Å². The normalized spacial score (nSPS) is 10.6. The molecule has 0 spiro atoms. The van der Waals surface area contributed by atoms with Crippen LogP contribution in [0.1, 0.15) is 40.9 Å². The number of hydrogen-bond acceptors (Lipinski definition) is 1. The minimum atomic E-state index is 0.111. The largest absolute Gasteiger partial charge is 0.289 e. The highest BCUT2D eigenvalue weighted by Crippen LogP contribution is 2.24. The van der Waals surface area contributed by atoms with E-state index in [0.717, 1.165) is 35.1 Å². The van der Waals surface area contributed by atoms with E-state index in [9.17, 15) is 4.79 Å². The first kappa shape index (κ1) is 16.2. The van der Waals surface area contributed by atoms with Gasteiger partial charge in [0.1, 0.15) is 0 Å². The molecule has 0 bridgehead atoms. The fourth-order valence-corrected chi connectivity index (χ4v) is 3.22. The van der Waals surface area contributed by atoms with Gasteiger partial charge in [0.2, 0.25) is 0 Å². The first-order valence-electron chi connectivity index (χ1n) is 8.55. The highest BCUT2D eigenvalue weighted by Gasteiger charge is 2.15. The molecule has 1 heteroatoms. The van der Waals surface area contributed by atoms with Crippen molar-refractivity contribution in [2.24, 2.45) is 0 Å². The van der Waals surface area contributed by atoms with E-state index >= 15 is 0 Å². The highest BCUT2D eigenvalue weighted by molar-refractivity contribution is 6.10. The predicted octanol–water partition coefficient (Wildman–Crippen LogP) is 5.71. The smallest absolute Gasteiger partial charge is 0.193 e. The van der Waals surface area contributed by atoms with Crippen molar-refractivity contribution < 1.29 is 4.79 Å². The van der Waals surface area contributed by atoms with E-state index in [1.807, 2.05) is 48.5 Å². The number of carbonyl (C=O) groups is 1. The molecule has 0 atom stereocenters. The summed E-state index contributed by atoms with van der Waals surface area (Å²) >= 11 is 0. The first-order chi connectivity index (χ1) is 11.7. The van der Waals surface area contributed by atoms with Crippen LogP contribution in [-0.4, -0.2) is 5.78 Å². The minimum absolute atomic E-state index is 0.111. The standard InChI is InChI=1S/C23H22O/c1-3-17-12-9-15-22(21(17)4-2)23(24)20-14-8-13-19(16-20)18-10-6-5-7-11-18/h5-16H,3-4H2,1-2H3. The molecule has 3 aromatic carbocycles. The Bertz CT molecular complexity index is 847. The molecular weight excluding hydrogens is 292 g/mol. The summed E-state index contributed by atoms with van der Waals surface area (Å²) in [6, 6.07) is 24.2. The summed E-state index contributed by atoms with van der Waals surface area (Å²) in [6.45, 7) is 4.25. The van der Waals surface area contributed by atoms with Gasteiger partial charge in [-0.2, -0.15) is 0 Å². The van der Waals surface area contributed by atoms with E-state index < -0.39 is 0 Å². The number of hydrogen-bond donors (Lipinski definition) is 0. The molecule has 1 nitrogen and oxygen atoms in total. The Hall–Kier alpha value is -2.67. The number of aryl methyl sites for hydroxylation is 1. The third kappa shape index (κ3) is 3.16. The number of ketones is 1. The average Bonchev–Trinajstić information content (AvgIpc) is 2.67.